The molecule has 0 atom stereocenters. The molecular formula is C20H25NO5S. The second-order valence-corrected chi connectivity index (χ2v) is 8.16. The van der Waals surface area contributed by atoms with Crippen LogP contribution in [-0.2, 0) is 16.7 Å². The Labute approximate surface area is 160 Å². The van der Waals surface area contributed by atoms with Gasteiger partial charge in [-0.25, -0.2) is 0 Å². The van der Waals surface area contributed by atoms with Gasteiger partial charge >= 0.3 is 10.1 Å². The molecule has 146 valence electrons. The number of hydrogen-bond donors (Lipinski definition) is 0. The standard InChI is InChI=1S/C20H25NO5S/c1-5-27(23,24)26-17-10-8-9-16(13-17)14-21(15(2)3)20(22)18-11-6-7-12-19(18)25-4/h6-13,15H,5,14H2,1-4H3. The smallest absolute Gasteiger partial charge is 0.308 e. The highest BCUT2D eigenvalue weighted by molar-refractivity contribution is 7.87. The van der Waals surface area contributed by atoms with E-state index >= 15 is 0 Å². The molecule has 0 aliphatic carbocycles. The number of carbonyl (C=O) groups excluding carboxylic acids is 1. The summed E-state index contributed by atoms with van der Waals surface area (Å²) in [6, 6.07) is 13.8. The highest BCUT2D eigenvalue weighted by Crippen LogP contribution is 2.23. The van der Waals surface area contributed by atoms with Crippen LogP contribution < -0.4 is 8.92 Å². The first-order valence-electron chi connectivity index (χ1n) is 8.72. The number of benzene rings is 2. The summed E-state index contributed by atoms with van der Waals surface area (Å²) in [5.41, 5.74) is 1.26. The van der Waals surface area contributed by atoms with Gasteiger partial charge in [-0.2, -0.15) is 8.42 Å². The fourth-order valence-corrected chi connectivity index (χ4v) is 3.08. The Morgan fingerprint density at radius 2 is 1.81 bits per heavy atom. The molecule has 0 radical (unpaired) electrons. The predicted octanol–water partition coefficient (Wildman–Crippen LogP) is 3.47. The van der Waals surface area contributed by atoms with Crippen LogP contribution in [-0.4, -0.2) is 38.1 Å². The van der Waals surface area contributed by atoms with Gasteiger partial charge in [0.05, 0.1) is 18.4 Å². The van der Waals surface area contributed by atoms with Crippen molar-refractivity contribution < 1.29 is 22.1 Å². The van der Waals surface area contributed by atoms with Crippen LogP contribution in [0.2, 0.25) is 0 Å². The summed E-state index contributed by atoms with van der Waals surface area (Å²) < 4.78 is 33.7. The van der Waals surface area contributed by atoms with E-state index in [4.69, 9.17) is 8.92 Å². The molecule has 2 aromatic carbocycles. The van der Waals surface area contributed by atoms with Gasteiger partial charge in [-0.05, 0) is 50.6 Å². The summed E-state index contributed by atoms with van der Waals surface area (Å²) in [6.45, 7) is 5.69. The van der Waals surface area contributed by atoms with Gasteiger partial charge in [0.1, 0.15) is 11.5 Å². The fourth-order valence-electron chi connectivity index (χ4n) is 2.56. The lowest BCUT2D eigenvalue weighted by atomic mass is 10.1. The van der Waals surface area contributed by atoms with Gasteiger partial charge in [0, 0.05) is 12.6 Å². The molecule has 0 heterocycles. The Morgan fingerprint density at radius 3 is 2.44 bits per heavy atom. The largest absolute Gasteiger partial charge is 0.496 e. The molecule has 0 unspecified atom stereocenters. The third-order valence-corrected chi connectivity index (χ3v) is 5.20. The minimum absolute atomic E-state index is 0.0636. The average molecular weight is 391 g/mol. The highest BCUT2D eigenvalue weighted by Gasteiger charge is 2.22. The maximum Gasteiger partial charge on any atom is 0.308 e. The SMILES string of the molecule is CCS(=O)(=O)Oc1cccc(CN(C(=O)c2ccccc2OC)C(C)C)c1. The van der Waals surface area contributed by atoms with Gasteiger partial charge in [0.2, 0.25) is 0 Å². The molecule has 2 rings (SSSR count). The topological polar surface area (TPSA) is 72.9 Å². The molecule has 0 bridgehead atoms. The molecule has 7 heteroatoms. The van der Waals surface area contributed by atoms with Crippen LogP contribution in [0.15, 0.2) is 48.5 Å². The fraction of sp³-hybridized carbons (Fsp3) is 0.350. The molecule has 0 aromatic heterocycles. The van der Waals surface area contributed by atoms with Gasteiger partial charge in [-0.3, -0.25) is 4.79 Å². The Hall–Kier alpha value is -2.54. The van der Waals surface area contributed by atoms with Crippen LogP contribution in [0.1, 0.15) is 36.7 Å². The second-order valence-electron chi connectivity index (χ2n) is 6.30. The van der Waals surface area contributed by atoms with Crippen LogP contribution in [0.3, 0.4) is 0 Å². The molecule has 0 saturated carbocycles. The zero-order chi connectivity index (χ0) is 20.0. The molecule has 6 nitrogen and oxygen atoms in total. The number of para-hydroxylation sites is 1. The van der Waals surface area contributed by atoms with Gasteiger partial charge < -0.3 is 13.8 Å². The molecule has 0 saturated heterocycles. The number of rotatable bonds is 8. The van der Waals surface area contributed by atoms with E-state index in [9.17, 15) is 13.2 Å². The Balaban J connectivity index is 2.28. The van der Waals surface area contributed by atoms with Crippen molar-refractivity contribution in [3.05, 3.63) is 59.7 Å². The van der Waals surface area contributed by atoms with E-state index in [0.717, 1.165) is 5.56 Å². The molecule has 1 amide bonds. The zero-order valence-electron chi connectivity index (χ0n) is 16.0. The molecule has 27 heavy (non-hydrogen) atoms. The van der Waals surface area contributed by atoms with Crippen LogP contribution in [0.5, 0.6) is 11.5 Å². The lowest BCUT2D eigenvalue weighted by Crippen LogP contribution is -2.36. The van der Waals surface area contributed by atoms with Gasteiger partial charge in [0.15, 0.2) is 0 Å². The molecule has 0 N–H and O–H groups in total. The molecule has 0 aliphatic heterocycles. The number of methoxy groups -OCH3 is 1. The Kier molecular flexibility index (Phi) is 6.85. The summed E-state index contributed by atoms with van der Waals surface area (Å²) >= 11 is 0. The predicted molar refractivity (Wildman–Crippen MR) is 105 cm³/mol. The first-order chi connectivity index (χ1) is 12.8. The Morgan fingerprint density at radius 1 is 1.11 bits per heavy atom. The summed E-state index contributed by atoms with van der Waals surface area (Å²) in [5, 5.41) is 0. The van der Waals surface area contributed by atoms with E-state index in [1.165, 1.54) is 14.0 Å². The van der Waals surface area contributed by atoms with E-state index in [1.54, 1.807) is 41.3 Å². The van der Waals surface area contributed by atoms with Crippen molar-refractivity contribution in [3.8, 4) is 11.5 Å². The number of carbonyl (C=O) groups is 1. The third-order valence-electron chi connectivity index (χ3n) is 4.05. The van der Waals surface area contributed by atoms with Crippen molar-refractivity contribution in [2.45, 2.75) is 33.4 Å². The summed E-state index contributed by atoms with van der Waals surface area (Å²) in [4.78, 5) is 14.7. The van der Waals surface area contributed by atoms with E-state index in [1.807, 2.05) is 26.0 Å². The van der Waals surface area contributed by atoms with Crippen molar-refractivity contribution in [1.29, 1.82) is 0 Å². The first kappa shape index (κ1) is 20.8. The molecule has 0 aliphatic rings. The van der Waals surface area contributed by atoms with Crippen LogP contribution in [0.4, 0.5) is 0 Å². The summed E-state index contributed by atoms with van der Waals surface area (Å²) in [5.74, 6) is 0.485. The molecule has 0 spiro atoms. The monoisotopic (exact) mass is 391 g/mol. The van der Waals surface area contributed by atoms with E-state index in [0.29, 0.717) is 17.9 Å². The highest BCUT2D eigenvalue weighted by atomic mass is 32.2. The second kappa shape index (κ2) is 8.90. The molecule has 2 aromatic rings. The summed E-state index contributed by atoms with van der Waals surface area (Å²) in [7, 11) is -2.07. The first-order valence-corrected chi connectivity index (χ1v) is 10.3. The summed E-state index contributed by atoms with van der Waals surface area (Å²) in [6.07, 6.45) is 0. The number of nitrogens with zero attached hydrogens (tertiary/aromatic N) is 1. The number of amides is 1. The number of hydrogen-bond acceptors (Lipinski definition) is 5. The minimum Gasteiger partial charge on any atom is -0.496 e. The van der Waals surface area contributed by atoms with Crippen LogP contribution in [0.25, 0.3) is 0 Å². The van der Waals surface area contributed by atoms with Crippen molar-refractivity contribution in [2.24, 2.45) is 0 Å². The van der Waals surface area contributed by atoms with E-state index in [-0.39, 0.29) is 23.5 Å². The molecular weight excluding hydrogens is 366 g/mol. The van der Waals surface area contributed by atoms with Crippen molar-refractivity contribution in [2.75, 3.05) is 12.9 Å². The minimum atomic E-state index is -3.60. The Bertz CT molecular complexity index is 893. The number of ether oxygens (including phenoxy) is 1. The quantitative estimate of drug-likeness (QED) is 0.644. The van der Waals surface area contributed by atoms with Crippen molar-refractivity contribution >= 4 is 16.0 Å². The zero-order valence-corrected chi connectivity index (χ0v) is 16.8. The van der Waals surface area contributed by atoms with Crippen molar-refractivity contribution in [1.82, 2.24) is 4.90 Å². The van der Waals surface area contributed by atoms with Gasteiger partial charge in [-0.1, -0.05) is 24.3 Å². The van der Waals surface area contributed by atoms with Gasteiger partial charge in [0.25, 0.3) is 5.91 Å². The van der Waals surface area contributed by atoms with Gasteiger partial charge in [-0.15, -0.1) is 0 Å². The maximum atomic E-state index is 13.0. The van der Waals surface area contributed by atoms with E-state index < -0.39 is 10.1 Å². The van der Waals surface area contributed by atoms with Crippen LogP contribution in [0, 0.1) is 0 Å². The van der Waals surface area contributed by atoms with E-state index in [2.05, 4.69) is 0 Å². The lowest BCUT2D eigenvalue weighted by molar-refractivity contribution is 0.0686. The normalized spacial score (nSPS) is 11.3. The third kappa shape index (κ3) is 5.47. The molecule has 0 fully saturated rings. The average Bonchev–Trinajstić information content (AvgIpc) is 2.65. The van der Waals surface area contributed by atoms with Crippen LogP contribution >= 0.6 is 0 Å². The lowest BCUT2D eigenvalue weighted by Gasteiger charge is -2.27. The maximum absolute atomic E-state index is 13.0. The van der Waals surface area contributed by atoms with Crippen molar-refractivity contribution in [3.63, 3.8) is 0 Å².